The van der Waals surface area contributed by atoms with Gasteiger partial charge in [0.25, 0.3) is 0 Å². The Hall–Kier alpha value is -0.860. The van der Waals surface area contributed by atoms with Crippen LogP contribution in [-0.4, -0.2) is 17.8 Å². The lowest BCUT2D eigenvalue weighted by atomic mass is 9.80. The number of rotatable bonds is 3. The second-order valence-electron chi connectivity index (χ2n) is 6.75. The summed E-state index contributed by atoms with van der Waals surface area (Å²) < 4.78 is 0. The molecule has 2 N–H and O–H groups in total. The summed E-state index contributed by atoms with van der Waals surface area (Å²) >= 11 is 0. The Labute approximate surface area is 122 Å². The van der Waals surface area contributed by atoms with Crippen molar-refractivity contribution in [3.8, 4) is 0 Å². The van der Waals surface area contributed by atoms with Gasteiger partial charge in [-0.25, -0.2) is 0 Å². The molecule has 0 amide bonds. The van der Waals surface area contributed by atoms with E-state index >= 15 is 0 Å². The summed E-state index contributed by atoms with van der Waals surface area (Å²) in [6, 6.07) is 9.42. The first kappa shape index (κ1) is 14.1. The first-order valence-corrected chi connectivity index (χ1v) is 8.24. The van der Waals surface area contributed by atoms with Crippen molar-refractivity contribution >= 4 is 0 Å². The maximum Gasteiger partial charge on any atom is 0.0543 e. The molecule has 4 atom stereocenters. The quantitative estimate of drug-likeness (QED) is 0.878. The van der Waals surface area contributed by atoms with Crippen LogP contribution in [0.5, 0.6) is 0 Å². The number of nitrogens with one attached hydrogen (secondary N) is 1. The fourth-order valence-electron chi connectivity index (χ4n) is 3.97. The third-order valence-corrected chi connectivity index (χ3v) is 5.20. The van der Waals surface area contributed by atoms with Crippen LogP contribution in [0.4, 0.5) is 0 Å². The largest absolute Gasteiger partial charge is 0.393 e. The van der Waals surface area contributed by atoms with E-state index in [-0.39, 0.29) is 6.10 Å². The first-order chi connectivity index (χ1) is 9.74. The van der Waals surface area contributed by atoms with Crippen LogP contribution in [0, 0.1) is 5.92 Å². The molecule has 20 heavy (non-hydrogen) atoms. The van der Waals surface area contributed by atoms with E-state index in [1.54, 1.807) is 0 Å². The Morgan fingerprint density at radius 1 is 1.10 bits per heavy atom. The minimum Gasteiger partial charge on any atom is -0.393 e. The fraction of sp³-hybridized carbons (Fsp3) is 0.667. The van der Waals surface area contributed by atoms with Gasteiger partial charge in [0.05, 0.1) is 6.10 Å². The van der Waals surface area contributed by atoms with E-state index in [1.807, 2.05) is 0 Å². The second-order valence-corrected chi connectivity index (χ2v) is 6.75. The Kier molecular flexibility index (Phi) is 4.42. The van der Waals surface area contributed by atoms with Crippen molar-refractivity contribution in [3.63, 3.8) is 0 Å². The van der Waals surface area contributed by atoms with Gasteiger partial charge in [-0.05, 0) is 61.6 Å². The van der Waals surface area contributed by atoms with E-state index in [9.17, 15) is 5.11 Å². The highest BCUT2D eigenvalue weighted by atomic mass is 16.3. The lowest BCUT2D eigenvalue weighted by molar-refractivity contribution is 0.0993. The summed E-state index contributed by atoms with van der Waals surface area (Å²) in [4.78, 5) is 0. The molecule has 0 aromatic heterocycles. The van der Waals surface area contributed by atoms with Crippen LogP contribution in [0.2, 0.25) is 0 Å². The van der Waals surface area contributed by atoms with Gasteiger partial charge in [0.15, 0.2) is 0 Å². The molecule has 2 heteroatoms. The molecule has 0 spiro atoms. The Morgan fingerprint density at radius 3 is 2.70 bits per heavy atom. The highest BCUT2D eigenvalue weighted by molar-refractivity contribution is 5.34. The molecule has 110 valence electrons. The van der Waals surface area contributed by atoms with Crippen molar-refractivity contribution in [1.82, 2.24) is 5.32 Å². The molecule has 1 aromatic carbocycles. The predicted octanol–water partition coefficient (Wildman–Crippen LogP) is 3.77. The van der Waals surface area contributed by atoms with Crippen LogP contribution in [0.3, 0.4) is 0 Å². The Morgan fingerprint density at radius 2 is 1.90 bits per heavy atom. The van der Waals surface area contributed by atoms with Crippen LogP contribution in [-0.2, 0) is 0 Å². The van der Waals surface area contributed by atoms with Gasteiger partial charge in [-0.3, -0.25) is 0 Å². The van der Waals surface area contributed by atoms with E-state index in [1.165, 1.54) is 36.8 Å². The third kappa shape index (κ3) is 3.07. The van der Waals surface area contributed by atoms with Crippen molar-refractivity contribution in [2.45, 2.75) is 63.5 Å². The van der Waals surface area contributed by atoms with Gasteiger partial charge in [0.1, 0.15) is 0 Å². The maximum atomic E-state index is 9.78. The molecule has 1 aromatic rings. The standard InChI is InChI=1S/C18H27NO/c1-13-9-10-18(17-8-3-2-7-16(13)17)19-12-14-5-4-6-15(20)11-14/h2-3,7-8,13-15,18-20H,4-6,9-12H2,1H3. The van der Waals surface area contributed by atoms with Crippen LogP contribution < -0.4 is 5.32 Å². The zero-order chi connectivity index (χ0) is 13.9. The van der Waals surface area contributed by atoms with E-state index < -0.39 is 0 Å². The van der Waals surface area contributed by atoms with E-state index in [4.69, 9.17) is 0 Å². The van der Waals surface area contributed by atoms with Gasteiger partial charge < -0.3 is 10.4 Å². The summed E-state index contributed by atoms with van der Waals surface area (Å²) in [5.74, 6) is 1.35. The minimum absolute atomic E-state index is 0.0609. The van der Waals surface area contributed by atoms with Crippen molar-refractivity contribution in [3.05, 3.63) is 35.4 Å². The average molecular weight is 273 g/mol. The normalized spacial score (nSPS) is 33.7. The van der Waals surface area contributed by atoms with Crippen LogP contribution in [0.1, 0.15) is 68.5 Å². The summed E-state index contributed by atoms with van der Waals surface area (Å²) in [6.45, 7) is 3.40. The topological polar surface area (TPSA) is 32.3 Å². The van der Waals surface area contributed by atoms with Gasteiger partial charge >= 0.3 is 0 Å². The van der Waals surface area contributed by atoms with Gasteiger partial charge in [-0.15, -0.1) is 0 Å². The molecule has 2 aliphatic carbocycles. The Bertz CT molecular complexity index is 445. The summed E-state index contributed by atoms with van der Waals surface area (Å²) in [6.07, 6.45) is 6.91. The number of benzene rings is 1. The first-order valence-electron chi connectivity index (χ1n) is 8.24. The zero-order valence-electron chi connectivity index (χ0n) is 12.5. The van der Waals surface area contributed by atoms with Crippen LogP contribution in [0.15, 0.2) is 24.3 Å². The van der Waals surface area contributed by atoms with Crippen molar-refractivity contribution < 1.29 is 5.11 Å². The molecule has 0 aliphatic heterocycles. The molecule has 0 radical (unpaired) electrons. The molecule has 0 heterocycles. The fourth-order valence-corrected chi connectivity index (χ4v) is 3.97. The van der Waals surface area contributed by atoms with E-state index in [0.717, 1.165) is 19.4 Å². The van der Waals surface area contributed by atoms with Gasteiger partial charge in [0, 0.05) is 6.04 Å². The van der Waals surface area contributed by atoms with Crippen LogP contribution >= 0.6 is 0 Å². The van der Waals surface area contributed by atoms with Gasteiger partial charge in [-0.1, -0.05) is 37.6 Å². The average Bonchev–Trinajstić information content (AvgIpc) is 2.47. The molecule has 2 aliphatic rings. The lowest BCUT2D eigenvalue weighted by Gasteiger charge is -2.33. The van der Waals surface area contributed by atoms with Crippen molar-refractivity contribution in [2.24, 2.45) is 5.92 Å². The molecule has 1 fully saturated rings. The van der Waals surface area contributed by atoms with Crippen molar-refractivity contribution in [1.29, 1.82) is 0 Å². The molecule has 0 saturated heterocycles. The summed E-state index contributed by atoms with van der Waals surface area (Å²) in [5, 5.41) is 13.6. The van der Waals surface area contributed by atoms with Gasteiger partial charge in [0.2, 0.25) is 0 Å². The van der Waals surface area contributed by atoms with Crippen molar-refractivity contribution in [2.75, 3.05) is 6.54 Å². The monoisotopic (exact) mass is 273 g/mol. The SMILES string of the molecule is CC1CCC(NCC2CCCC(O)C2)c2ccccc21. The second kappa shape index (κ2) is 6.28. The number of aliphatic hydroxyl groups excluding tert-OH is 1. The number of aliphatic hydroxyl groups is 1. The number of fused-ring (bicyclic) bond motifs is 1. The van der Waals surface area contributed by atoms with Crippen LogP contribution in [0.25, 0.3) is 0 Å². The molecule has 4 unspecified atom stereocenters. The lowest BCUT2D eigenvalue weighted by Crippen LogP contribution is -2.33. The highest BCUT2D eigenvalue weighted by Crippen LogP contribution is 2.37. The predicted molar refractivity (Wildman–Crippen MR) is 82.8 cm³/mol. The zero-order valence-corrected chi connectivity index (χ0v) is 12.5. The molecular formula is C18H27NO. The molecule has 1 saturated carbocycles. The smallest absolute Gasteiger partial charge is 0.0543 e. The van der Waals surface area contributed by atoms with Gasteiger partial charge in [-0.2, -0.15) is 0 Å². The molecule has 2 nitrogen and oxygen atoms in total. The summed E-state index contributed by atoms with van der Waals surface area (Å²) in [5.41, 5.74) is 3.03. The number of hydrogen-bond donors (Lipinski definition) is 2. The van der Waals surface area contributed by atoms with E-state index in [2.05, 4.69) is 36.5 Å². The van der Waals surface area contributed by atoms with E-state index in [0.29, 0.717) is 17.9 Å². The third-order valence-electron chi connectivity index (χ3n) is 5.20. The highest BCUT2D eigenvalue weighted by Gasteiger charge is 2.26. The summed E-state index contributed by atoms with van der Waals surface area (Å²) in [7, 11) is 0. The number of hydrogen-bond acceptors (Lipinski definition) is 2. The minimum atomic E-state index is -0.0609. The Balaban J connectivity index is 1.62. The molecule has 0 bridgehead atoms. The molecule has 3 rings (SSSR count). The molecular weight excluding hydrogens is 246 g/mol. The maximum absolute atomic E-state index is 9.78.